The highest BCUT2D eigenvalue weighted by molar-refractivity contribution is 5.94. The van der Waals surface area contributed by atoms with Gasteiger partial charge in [0.05, 0.1) is 19.7 Å². The molecule has 1 fully saturated rings. The summed E-state index contributed by atoms with van der Waals surface area (Å²) in [6.07, 6.45) is 2.49. The normalized spacial score (nSPS) is 18.8. The zero-order chi connectivity index (χ0) is 31.9. The maximum atomic E-state index is 13.6. The van der Waals surface area contributed by atoms with Crippen LogP contribution in [0.1, 0.15) is 39.9 Å². The molecule has 4 bridgehead atoms. The van der Waals surface area contributed by atoms with E-state index in [2.05, 4.69) is 26.2 Å². The molecule has 0 unspecified atom stereocenters. The van der Waals surface area contributed by atoms with Crippen molar-refractivity contribution in [3.8, 4) is 17.2 Å². The number of nitrogens with zero attached hydrogens (tertiary/aromatic N) is 5. The van der Waals surface area contributed by atoms with Crippen molar-refractivity contribution in [1.82, 2.24) is 35.7 Å². The van der Waals surface area contributed by atoms with Gasteiger partial charge in [-0.15, -0.1) is 5.10 Å². The number of benzene rings is 3. The Morgan fingerprint density at radius 2 is 1.80 bits per heavy atom. The largest absolute Gasteiger partial charge is 0.493 e. The average molecular weight is 626 g/mol. The van der Waals surface area contributed by atoms with Crippen LogP contribution in [0.5, 0.6) is 17.2 Å². The van der Waals surface area contributed by atoms with Gasteiger partial charge >= 0.3 is 0 Å². The van der Waals surface area contributed by atoms with Crippen LogP contribution in [0.2, 0.25) is 0 Å². The van der Waals surface area contributed by atoms with Gasteiger partial charge < -0.3 is 29.7 Å². The lowest BCUT2D eigenvalue weighted by Crippen LogP contribution is -2.58. The van der Waals surface area contributed by atoms with Crippen LogP contribution in [0.4, 0.5) is 0 Å². The molecule has 9 rings (SSSR count). The number of ether oxygens (including phenoxy) is 3. The van der Waals surface area contributed by atoms with E-state index in [-0.39, 0.29) is 30.9 Å². The second-order valence-electron chi connectivity index (χ2n) is 11.3. The lowest BCUT2D eigenvalue weighted by atomic mass is 10.00. The number of hydrogen-bond donors (Lipinski definition) is 2. The van der Waals surface area contributed by atoms with Crippen molar-refractivity contribution in [3.63, 3.8) is 0 Å². The van der Waals surface area contributed by atoms with Gasteiger partial charge in [-0.25, -0.2) is 4.68 Å². The van der Waals surface area contributed by atoms with E-state index in [1.807, 2.05) is 48.5 Å². The predicted molar refractivity (Wildman–Crippen MR) is 165 cm³/mol. The van der Waals surface area contributed by atoms with Gasteiger partial charge in [-0.3, -0.25) is 14.4 Å². The lowest BCUT2D eigenvalue weighted by Gasteiger charge is -2.39. The Hall–Kier alpha value is -5.46. The number of aryl methyl sites for hydroxylation is 1. The molecule has 0 saturated carbocycles. The molecule has 46 heavy (non-hydrogen) atoms. The van der Waals surface area contributed by atoms with Crippen LogP contribution in [0.3, 0.4) is 0 Å². The molecule has 3 aromatic carbocycles. The fourth-order valence-corrected chi connectivity index (χ4v) is 5.56. The third-order valence-corrected chi connectivity index (χ3v) is 8.05. The zero-order valence-electron chi connectivity index (χ0n) is 25.4. The molecular formula is C33H35N7O6. The van der Waals surface area contributed by atoms with E-state index in [0.29, 0.717) is 61.7 Å². The number of tetrazole rings is 1. The van der Waals surface area contributed by atoms with E-state index in [1.54, 1.807) is 27.8 Å². The molecule has 13 heteroatoms. The highest BCUT2D eigenvalue weighted by atomic mass is 16.5. The van der Waals surface area contributed by atoms with E-state index in [1.165, 1.54) is 13.4 Å². The van der Waals surface area contributed by atoms with E-state index in [4.69, 9.17) is 14.2 Å². The molecule has 2 N–H and O–H groups in total. The SMILES string of the molecule is COc1cc2ccc1OCC(=O)N[C@@H]1CN(C(=O)c3ccc(Cn4cnnn4)cc3)CC[C@H]1Oc1ccc(cc1)CNC(=O)CC2. The summed E-state index contributed by atoms with van der Waals surface area (Å²) in [5.41, 5.74) is 3.35. The van der Waals surface area contributed by atoms with Crippen LogP contribution in [-0.2, 0) is 29.1 Å². The van der Waals surface area contributed by atoms with Crippen molar-refractivity contribution in [3.05, 3.63) is 95.3 Å². The summed E-state index contributed by atoms with van der Waals surface area (Å²) in [7, 11) is 1.53. The number of piperidine rings is 1. The first-order valence-corrected chi connectivity index (χ1v) is 15.1. The van der Waals surface area contributed by atoms with Crippen molar-refractivity contribution in [2.75, 3.05) is 26.8 Å². The molecule has 6 heterocycles. The predicted octanol–water partition coefficient (Wildman–Crippen LogP) is 2.15. The maximum Gasteiger partial charge on any atom is 0.258 e. The van der Waals surface area contributed by atoms with Gasteiger partial charge in [0.2, 0.25) is 5.91 Å². The van der Waals surface area contributed by atoms with Crippen molar-refractivity contribution < 1.29 is 28.6 Å². The summed E-state index contributed by atoms with van der Waals surface area (Å²) in [5.74, 6) is 0.964. The summed E-state index contributed by atoms with van der Waals surface area (Å²) < 4.78 is 19.3. The number of likely N-dealkylation sites (tertiary alicyclic amines) is 1. The van der Waals surface area contributed by atoms with E-state index in [9.17, 15) is 14.4 Å². The van der Waals surface area contributed by atoms with Crippen LogP contribution in [0.15, 0.2) is 73.1 Å². The third-order valence-electron chi connectivity index (χ3n) is 8.05. The Morgan fingerprint density at radius 3 is 2.57 bits per heavy atom. The lowest BCUT2D eigenvalue weighted by molar-refractivity contribution is -0.125. The Balaban J connectivity index is 1.19. The second kappa shape index (κ2) is 14.1. The molecule has 1 aromatic heterocycles. The molecule has 1 saturated heterocycles. The van der Waals surface area contributed by atoms with Crippen molar-refractivity contribution >= 4 is 17.7 Å². The fourth-order valence-electron chi connectivity index (χ4n) is 5.56. The maximum absolute atomic E-state index is 13.6. The topological polar surface area (TPSA) is 150 Å². The van der Waals surface area contributed by atoms with E-state index < -0.39 is 12.1 Å². The monoisotopic (exact) mass is 625 g/mol. The molecule has 4 aromatic rings. The molecule has 3 amide bonds. The number of hydrogen-bond acceptors (Lipinski definition) is 9. The number of rotatable bonds is 4. The Labute approximate surface area is 265 Å². The number of amides is 3. The van der Waals surface area contributed by atoms with Crippen molar-refractivity contribution in [1.29, 1.82) is 0 Å². The number of nitrogens with one attached hydrogen (secondary N) is 2. The summed E-state index contributed by atoms with van der Waals surface area (Å²) in [6.45, 7) is 1.34. The molecule has 2 atom stereocenters. The Kier molecular flexibility index (Phi) is 9.37. The summed E-state index contributed by atoms with van der Waals surface area (Å²) in [6, 6.07) is 19.7. The van der Waals surface area contributed by atoms with Gasteiger partial charge in [0.15, 0.2) is 18.1 Å². The van der Waals surface area contributed by atoms with E-state index in [0.717, 1.165) is 16.7 Å². The van der Waals surface area contributed by atoms with Crippen molar-refractivity contribution in [2.45, 2.75) is 44.5 Å². The third kappa shape index (κ3) is 7.60. The first-order valence-electron chi connectivity index (χ1n) is 15.1. The standard InChI is InChI=1S/C33H35N7O6/c1-44-30-16-22-6-12-29(30)45-20-32(42)36-27-19-39(33(43)25-8-2-24(3-9-25)18-40-21-35-37-38-40)15-14-28(27)46-26-10-4-23(5-11-26)17-34-31(41)13-7-22/h2-6,8-12,16,21,27-28H,7,13-15,17-20H2,1H3,(H,34,41)(H,36,42)/t27-,28-/m1/s1. The fraction of sp³-hybridized carbons (Fsp3) is 0.333. The molecule has 13 nitrogen and oxygen atoms in total. The highest BCUT2D eigenvalue weighted by Crippen LogP contribution is 2.29. The average Bonchev–Trinajstić information content (AvgIpc) is 3.59. The zero-order valence-corrected chi connectivity index (χ0v) is 25.4. The van der Waals surface area contributed by atoms with Crippen LogP contribution >= 0.6 is 0 Å². The molecular weight excluding hydrogens is 590 g/mol. The minimum atomic E-state index is -0.498. The molecule has 0 radical (unpaired) electrons. The number of carbonyl (C=O) groups is 3. The smallest absolute Gasteiger partial charge is 0.258 e. The van der Waals surface area contributed by atoms with Crippen LogP contribution in [0.25, 0.3) is 0 Å². The summed E-state index contributed by atoms with van der Waals surface area (Å²) in [4.78, 5) is 41.0. The summed E-state index contributed by atoms with van der Waals surface area (Å²) in [5, 5.41) is 17.2. The van der Waals surface area contributed by atoms with Gasteiger partial charge in [0.1, 0.15) is 18.2 Å². The first kappa shape index (κ1) is 30.6. The van der Waals surface area contributed by atoms with Crippen molar-refractivity contribution in [2.24, 2.45) is 0 Å². The van der Waals surface area contributed by atoms with Crippen LogP contribution < -0.4 is 24.8 Å². The highest BCUT2D eigenvalue weighted by Gasteiger charge is 2.34. The van der Waals surface area contributed by atoms with Gasteiger partial charge in [-0.1, -0.05) is 30.3 Å². The Morgan fingerprint density at radius 1 is 1.00 bits per heavy atom. The van der Waals surface area contributed by atoms with Gasteiger partial charge in [-0.2, -0.15) is 0 Å². The molecule has 5 aliphatic rings. The van der Waals surface area contributed by atoms with Gasteiger partial charge in [-0.05, 0) is 69.9 Å². The molecule has 0 spiro atoms. The number of methoxy groups -OCH3 is 1. The quantitative estimate of drug-likeness (QED) is 0.348. The second-order valence-corrected chi connectivity index (χ2v) is 11.3. The van der Waals surface area contributed by atoms with Crippen LogP contribution in [-0.4, -0.2) is 81.8 Å². The van der Waals surface area contributed by atoms with Crippen LogP contribution in [0, 0.1) is 0 Å². The minimum Gasteiger partial charge on any atom is -0.493 e. The number of carbonyl (C=O) groups excluding carboxylic acids is 3. The van der Waals surface area contributed by atoms with Gasteiger partial charge in [0, 0.05) is 38.0 Å². The van der Waals surface area contributed by atoms with E-state index >= 15 is 0 Å². The summed E-state index contributed by atoms with van der Waals surface area (Å²) >= 11 is 0. The minimum absolute atomic E-state index is 0.0601. The Bertz CT molecular complexity index is 1660. The first-order chi connectivity index (χ1) is 22.4. The number of aromatic nitrogens is 4. The molecule has 238 valence electrons. The molecule has 5 aliphatic heterocycles. The van der Waals surface area contributed by atoms with Gasteiger partial charge in [0.25, 0.3) is 11.8 Å². The molecule has 0 aliphatic carbocycles.